The van der Waals surface area contributed by atoms with Crippen LogP contribution in [0.25, 0.3) is 6.08 Å². The molecule has 0 aromatic carbocycles. The third-order valence-corrected chi connectivity index (χ3v) is 2.09. The SMILES string of the molecule is CCc1ccnc(C=CC(=O)N(C)C)c1. The van der Waals surface area contributed by atoms with Gasteiger partial charge in [0.05, 0.1) is 5.69 Å². The highest BCUT2D eigenvalue weighted by Gasteiger charge is 1.97. The maximum absolute atomic E-state index is 11.3. The minimum absolute atomic E-state index is 0.0290. The van der Waals surface area contributed by atoms with Crippen LogP contribution in [0.1, 0.15) is 18.2 Å². The number of rotatable bonds is 3. The Hall–Kier alpha value is -1.64. The maximum Gasteiger partial charge on any atom is 0.246 e. The first kappa shape index (κ1) is 11.4. The van der Waals surface area contributed by atoms with Gasteiger partial charge in [-0.2, -0.15) is 0 Å². The summed E-state index contributed by atoms with van der Waals surface area (Å²) < 4.78 is 0. The molecule has 3 heteroatoms. The van der Waals surface area contributed by atoms with Crippen molar-refractivity contribution in [2.45, 2.75) is 13.3 Å². The van der Waals surface area contributed by atoms with Gasteiger partial charge in [-0.1, -0.05) is 6.92 Å². The maximum atomic E-state index is 11.3. The van der Waals surface area contributed by atoms with E-state index in [2.05, 4.69) is 11.9 Å². The molecule has 0 unspecified atom stereocenters. The van der Waals surface area contributed by atoms with Crippen molar-refractivity contribution in [1.82, 2.24) is 9.88 Å². The zero-order chi connectivity index (χ0) is 11.3. The lowest BCUT2D eigenvalue weighted by Gasteiger charge is -2.05. The molecule has 0 radical (unpaired) electrons. The molecule has 0 bridgehead atoms. The van der Waals surface area contributed by atoms with Crippen LogP contribution < -0.4 is 0 Å². The second-order valence-corrected chi connectivity index (χ2v) is 3.51. The van der Waals surface area contributed by atoms with Crippen LogP contribution in [-0.4, -0.2) is 29.9 Å². The summed E-state index contributed by atoms with van der Waals surface area (Å²) in [5.41, 5.74) is 2.05. The average molecular weight is 204 g/mol. The molecule has 0 N–H and O–H groups in total. The van der Waals surface area contributed by atoms with E-state index in [9.17, 15) is 4.79 Å². The van der Waals surface area contributed by atoms with Crippen LogP contribution in [-0.2, 0) is 11.2 Å². The lowest BCUT2D eigenvalue weighted by atomic mass is 10.2. The second-order valence-electron chi connectivity index (χ2n) is 3.51. The third kappa shape index (κ3) is 3.54. The summed E-state index contributed by atoms with van der Waals surface area (Å²) in [7, 11) is 3.45. The van der Waals surface area contributed by atoms with Crippen LogP contribution in [0.5, 0.6) is 0 Å². The summed E-state index contributed by atoms with van der Waals surface area (Å²) in [6, 6.07) is 3.96. The van der Waals surface area contributed by atoms with Gasteiger partial charge in [-0.3, -0.25) is 9.78 Å². The van der Waals surface area contributed by atoms with E-state index in [0.717, 1.165) is 12.1 Å². The fourth-order valence-electron chi connectivity index (χ4n) is 1.11. The molecular weight excluding hydrogens is 188 g/mol. The number of likely N-dealkylation sites (N-methyl/N-ethyl adjacent to an activating group) is 1. The number of nitrogens with zero attached hydrogens (tertiary/aromatic N) is 2. The van der Waals surface area contributed by atoms with Crippen LogP contribution in [0.15, 0.2) is 24.4 Å². The molecule has 0 aliphatic rings. The molecule has 1 amide bonds. The summed E-state index contributed by atoms with van der Waals surface area (Å²) in [6.07, 6.45) is 6.01. The molecule has 0 atom stereocenters. The Morgan fingerprint density at radius 3 is 2.87 bits per heavy atom. The van der Waals surface area contributed by atoms with Crippen molar-refractivity contribution in [3.05, 3.63) is 35.7 Å². The zero-order valence-corrected chi connectivity index (χ0v) is 9.40. The lowest BCUT2D eigenvalue weighted by molar-refractivity contribution is -0.123. The zero-order valence-electron chi connectivity index (χ0n) is 9.40. The molecule has 0 fully saturated rings. The van der Waals surface area contributed by atoms with E-state index in [0.29, 0.717) is 0 Å². The normalized spacial score (nSPS) is 10.6. The van der Waals surface area contributed by atoms with E-state index in [1.54, 1.807) is 26.4 Å². The van der Waals surface area contributed by atoms with Gasteiger partial charge < -0.3 is 4.90 Å². The third-order valence-electron chi connectivity index (χ3n) is 2.09. The number of carbonyl (C=O) groups excluding carboxylic acids is 1. The molecular formula is C12H16N2O. The molecule has 0 aliphatic carbocycles. The van der Waals surface area contributed by atoms with Crippen molar-refractivity contribution >= 4 is 12.0 Å². The fraction of sp³-hybridized carbons (Fsp3) is 0.333. The molecule has 1 rings (SSSR count). The number of aryl methyl sites for hydroxylation is 1. The van der Waals surface area contributed by atoms with Gasteiger partial charge in [0.15, 0.2) is 0 Å². The smallest absolute Gasteiger partial charge is 0.246 e. The number of amides is 1. The largest absolute Gasteiger partial charge is 0.345 e. The summed E-state index contributed by atoms with van der Waals surface area (Å²) in [6.45, 7) is 2.09. The number of pyridine rings is 1. The van der Waals surface area contributed by atoms with Gasteiger partial charge in [0.1, 0.15) is 0 Å². The van der Waals surface area contributed by atoms with Gasteiger partial charge in [-0.25, -0.2) is 0 Å². The Morgan fingerprint density at radius 1 is 1.53 bits per heavy atom. The van der Waals surface area contributed by atoms with Gasteiger partial charge in [-0.15, -0.1) is 0 Å². The number of hydrogen-bond donors (Lipinski definition) is 0. The topological polar surface area (TPSA) is 33.2 Å². The van der Waals surface area contributed by atoms with E-state index >= 15 is 0 Å². The summed E-state index contributed by atoms with van der Waals surface area (Å²) >= 11 is 0. The molecule has 3 nitrogen and oxygen atoms in total. The molecule has 1 aromatic rings. The summed E-state index contributed by atoms with van der Waals surface area (Å²) in [5, 5.41) is 0. The van der Waals surface area contributed by atoms with Crippen molar-refractivity contribution in [3.63, 3.8) is 0 Å². The highest BCUT2D eigenvalue weighted by molar-refractivity contribution is 5.91. The monoisotopic (exact) mass is 204 g/mol. The predicted molar refractivity (Wildman–Crippen MR) is 61.3 cm³/mol. The van der Waals surface area contributed by atoms with Crippen LogP contribution in [0.3, 0.4) is 0 Å². The summed E-state index contributed by atoms with van der Waals surface area (Å²) in [5.74, 6) is -0.0290. The Balaban J connectivity index is 2.76. The first-order chi connectivity index (χ1) is 7.13. The first-order valence-corrected chi connectivity index (χ1v) is 4.97. The van der Waals surface area contributed by atoms with E-state index in [4.69, 9.17) is 0 Å². The molecule has 0 saturated heterocycles. The Bertz CT molecular complexity index is 370. The minimum atomic E-state index is -0.0290. The molecule has 0 aliphatic heterocycles. The van der Waals surface area contributed by atoms with Gasteiger partial charge in [0, 0.05) is 26.4 Å². The highest BCUT2D eigenvalue weighted by Crippen LogP contribution is 2.04. The highest BCUT2D eigenvalue weighted by atomic mass is 16.2. The Labute approximate surface area is 90.4 Å². The van der Waals surface area contributed by atoms with Crippen molar-refractivity contribution in [2.75, 3.05) is 14.1 Å². The predicted octanol–water partition coefficient (Wildman–Crippen LogP) is 1.75. The van der Waals surface area contributed by atoms with Gasteiger partial charge in [-0.05, 0) is 30.2 Å². The van der Waals surface area contributed by atoms with E-state index < -0.39 is 0 Å². The molecule has 1 heterocycles. The molecule has 0 saturated carbocycles. The van der Waals surface area contributed by atoms with Crippen molar-refractivity contribution in [1.29, 1.82) is 0 Å². The van der Waals surface area contributed by atoms with Crippen molar-refractivity contribution < 1.29 is 4.79 Å². The van der Waals surface area contributed by atoms with E-state index in [1.807, 2.05) is 12.1 Å². The van der Waals surface area contributed by atoms with Crippen molar-refractivity contribution in [2.24, 2.45) is 0 Å². The van der Waals surface area contributed by atoms with Crippen molar-refractivity contribution in [3.8, 4) is 0 Å². The Kier molecular flexibility index (Phi) is 4.03. The van der Waals surface area contributed by atoms with Crippen LogP contribution >= 0.6 is 0 Å². The van der Waals surface area contributed by atoms with Gasteiger partial charge in [0.25, 0.3) is 0 Å². The molecule has 15 heavy (non-hydrogen) atoms. The number of carbonyl (C=O) groups is 1. The van der Waals surface area contributed by atoms with Gasteiger partial charge >= 0.3 is 0 Å². The van der Waals surface area contributed by atoms with Gasteiger partial charge in [0.2, 0.25) is 5.91 Å². The first-order valence-electron chi connectivity index (χ1n) is 4.97. The number of hydrogen-bond acceptors (Lipinski definition) is 2. The molecule has 80 valence electrons. The van der Waals surface area contributed by atoms with Crippen LogP contribution in [0.4, 0.5) is 0 Å². The standard InChI is InChI=1S/C12H16N2O/c1-4-10-7-8-13-11(9-10)5-6-12(15)14(2)3/h5-9H,4H2,1-3H3. The van der Waals surface area contributed by atoms with Crippen LogP contribution in [0.2, 0.25) is 0 Å². The lowest BCUT2D eigenvalue weighted by Crippen LogP contribution is -2.18. The minimum Gasteiger partial charge on any atom is -0.345 e. The van der Waals surface area contributed by atoms with E-state index in [1.165, 1.54) is 16.5 Å². The average Bonchev–Trinajstić information content (AvgIpc) is 2.26. The molecule has 0 spiro atoms. The summed E-state index contributed by atoms with van der Waals surface area (Å²) in [4.78, 5) is 17.0. The quantitative estimate of drug-likeness (QED) is 0.703. The molecule has 1 aromatic heterocycles. The number of aromatic nitrogens is 1. The van der Waals surface area contributed by atoms with Crippen LogP contribution in [0, 0.1) is 0 Å². The fourth-order valence-corrected chi connectivity index (χ4v) is 1.11. The Morgan fingerprint density at radius 2 is 2.27 bits per heavy atom. The van der Waals surface area contributed by atoms with E-state index in [-0.39, 0.29) is 5.91 Å². The second kappa shape index (κ2) is 5.29.